The minimum Gasteiger partial charge on any atom is -0.329 e. The molecule has 3 N–H and O–H groups in total. The van der Waals surface area contributed by atoms with Crippen LogP contribution in [-0.2, 0) is 6.54 Å². The molecule has 1 aromatic heterocycles. The number of nitrogens with zero attached hydrogens (tertiary/aromatic N) is 1. The van der Waals surface area contributed by atoms with Crippen molar-refractivity contribution < 1.29 is 0 Å². The largest absolute Gasteiger partial charge is 0.329 e. The summed E-state index contributed by atoms with van der Waals surface area (Å²) >= 11 is 6.25. The molecule has 3 rings (SSSR count). The summed E-state index contributed by atoms with van der Waals surface area (Å²) in [6.45, 7) is 0.536. The highest BCUT2D eigenvalue weighted by atomic mass is 35.5. The van der Waals surface area contributed by atoms with E-state index >= 15 is 0 Å². The molecular formula is C16H14ClN3. The molecule has 20 heavy (non-hydrogen) atoms. The number of hydrogen-bond acceptors (Lipinski definition) is 2. The van der Waals surface area contributed by atoms with Gasteiger partial charge in [-0.15, -0.1) is 0 Å². The van der Waals surface area contributed by atoms with E-state index in [-0.39, 0.29) is 0 Å². The van der Waals surface area contributed by atoms with Crippen LogP contribution in [0.15, 0.2) is 54.6 Å². The second kappa shape index (κ2) is 5.49. The van der Waals surface area contributed by atoms with Crippen LogP contribution in [0.4, 0.5) is 0 Å². The van der Waals surface area contributed by atoms with E-state index in [1.165, 1.54) is 0 Å². The Balaban J connectivity index is 2.00. The molecule has 0 aliphatic carbocycles. The summed E-state index contributed by atoms with van der Waals surface area (Å²) in [5.74, 6) is 0.762. The van der Waals surface area contributed by atoms with E-state index in [0.29, 0.717) is 11.7 Å². The van der Waals surface area contributed by atoms with Gasteiger partial charge in [0.2, 0.25) is 0 Å². The predicted molar refractivity (Wildman–Crippen MR) is 82.4 cm³/mol. The van der Waals surface area contributed by atoms with Crippen LogP contribution in [-0.4, -0.2) is 9.97 Å². The highest BCUT2D eigenvalue weighted by molar-refractivity contribution is 6.32. The average Bonchev–Trinajstić information content (AvgIpc) is 2.90. The smallest absolute Gasteiger partial charge is 0.139 e. The molecule has 0 amide bonds. The maximum absolute atomic E-state index is 6.25. The van der Waals surface area contributed by atoms with E-state index in [2.05, 4.69) is 9.97 Å². The van der Waals surface area contributed by atoms with Crippen molar-refractivity contribution in [1.29, 1.82) is 0 Å². The minimum absolute atomic E-state index is 0.536. The van der Waals surface area contributed by atoms with Crippen LogP contribution < -0.4 is 5.73 Å². The van der Waals surface area contributed by atoms with E-state index in [1.807, 2.05) is 54.6 Å². The lowest BCUT2D eigenvalue weighted by Crippen LogP contribution is -1.95. The third-order valence-electron chi connectivity index (χ3n) is 3.17. The van der Waals surface area contributed by atoms with Gasteiger partial charge in [0.1, 0.15) is 16.7 Å². The molecule has 0 atom stereocenters. The summed E-state index contributed by atoms with van der Waals surface area (Å²) in [5, 5.41) is 0.550. The molecule has 0 saturated heterocycles. The molecule has 2 aromatic carbocycles. The van der Waals surface area contributed by atoms with Crippen LogP contribution in [0.25, 0.3) is 22.6 Å². The first-order chi connectivity index (χ1) is 9.78. The van der Waals surface area contributed by atoms with Crippen LogP contribution in [0.2, 0.25) is 5.15 Å². The Morgan fingerprint density at radius 3 is 2.30 bits per heavy atom. The fourth-order valence-electron chi connectivity index (χ4n) is 2.07. The van der Waals surface area contributed by atoms with E-state index in [1.54, 1.807) is 0 Å². The number of aromatic amines is 1. The van der Waals surface area contributed by atoms with E-state index in [4.69, 9.17) is 17.3 Å². The summed E-state index contributed by atoms with van der Waals surface area (Å²) in [6.07, 6.45) is 0. The average molecular weight is 284 g/mol. The Labute approximate surface area is 122 Å². The normalized spacial score (nSPS) is 10.7. The third kappa shape index (κ3) is 2.46. The molecule has 0 aliphatic rings. The number of nitrogens with one attached hydrogen (secondary N) is 1. The van der Waals surface area contributed by atoms with Gasteiger partial charge in [-0.2, -0.15) is 0 Å². The predicted octanol–water partition coefficient (Wildman–Crippen LogP) is 3.86. The Bertz CT molecular complexity index is 702. The molecular weight excluding hydrogens is 270 g/mol. The highest BCUT2D eigenvalue weighted by Gasteiger charge is 2.11. The Kier molecular flexibility index (Phi) is 3.54. The number of aromatic nitrogens is 2. The van der Waals surface area contributed by atoms with Crippen LogP contribution in [0.3, 0.4) is 0 Å². The van der Waals surface area contributed by atoms with Gasteiger partial charge in [0.15, 0.2) is 0 Å². The third-order valence-corrected chi connectivity index (χ3v) is 3.44. The number of benzene rings is 2. The zero-order chi connectivity index (χ0) is 13.9. The maximum Gasteiger partial charge on any atom is 0.139 e. The SMILES string of the molecule is NCc1ccc(-c2nc(-c3ccccc3)c(Cl)[nH]2)cc1. The molecule has 1 heterocycles. The van der Waals surface area contributed by atoms with Gasteiger partial charge in [-0.1, -0.05) is 66.2 Å². The van der Waals surface area contributed by atoms with Crippen molar-refractivity contribution in [3.05, 3.63) is 65.3 Å². The van der Waals surface area contributed by atoms with Crippen molar-refractivity contribution >= 4 is 11.6 Å². The summed E-state index contributed by atoms with van der Waals surface area (Å²) in [7, 11) is 0. The van der Waals surface area contributed by atoms with Crippen molar-refractivity contribution in [3.63, 3.8) is 0 Å². The number of hydrogen-bond donors (Lipinski definition) is 2. The summed E-state index contributed by atoms with van der Waals surface area (Å²) in [4.78, 5) is 7.71. The second-order valence-corrected chi connectivity index (χ2v) is 4.89. The van der Waals surface area contributed by atoms with Crippen LogP contribution in [0.1, 0.15) is 5.56 Å². The molecule has 3 nitrogen and oxygen atoms in total. The second-order valence-electron chi connectivity index (χ2n) is 4.52. The van der Waals surface area contributed by atoms with Gasteiger partial charge in [-0.3, -0.25) is 0 Å². The van der Waals surface area contributed by atoms with E-state index in [0.717, 1.165) is 28.2 Å². The van der Waals surface area contributed by atoms with Gasteiger partial charge in [-0.05, 0) is 5.56 Å². The van der Waals surface area contributed by atoms with Crippen LogP contribution in [0.5, 0.6) is 0 Å². The summed E-state index contributed by atoms with van der Waals surface area (Å²) in [5.41, 5.74) is 9.45. The van der Waals surface area contributed by atoms with E-state index in [9.17, 15) is 0 Å². The number of halogens is 1. The zero-order valence-electron chi connectivity index (χ0n) is 10.8. The molecule has 0 spiro atoms. The Morgan fingerprint density at radius 1 is 0.950 bits per heavy atom. The molecule has 4 heteroatoms. The Morgan fingerprint density at radius 2 is 1.65 bits per heavy atom. The zero-order valence-corrected chi connectivity index (χ0v) is 11.6. The standard InChI is InChI=1S/C16H14ClN3/c17-15-14(12-4-2-1-3-5-12)19-16(20-15)13-8-6-11(10-18)7-9-13/h1-9H,10,18H2,(H,19,20). The first-order valence-corrected chi connectivity index (χ1v) is 6.76. The summed E-state index contributed by atoms with van der Waals surface area (Å²) < 4.78 is 0. The Hall–Kier alpha value is -2.10. The van der Waals surface area contributed by atoms with Gasteiger partial charge >= 0.3 is 0 Å². The van der Waals surface area contributed by atoms with Crippen LogP contribution in [0, 0.1) is 0 Å². The van der Waals surface area contributed by atoms with Crippen molar-refractivity contribution in [1.82, 2.24) is 9.97 Å². The first kappa shape index (κ1) is 12.9. The molecule has 100 valence electrons. The topological polar surface area (TPSA) is 54.7 Å². The lowest BCUT2D eigenvalue weighted by Gasteiger charge is -1.99. The molecule has 0 saturated carbocycles. The maximum atomic E-state index is 6.25. The molecule has 0 radical (unpaired) electrons. The van der Waals surface area contributed by atoms with Crippen LogP contribution >= 0.6 is 11.6 Å². The minimum atomic E-state index is 0.536. The van der Waals surface area contributed by atoms with E-state index < -0.39 is 0 Å². The number of rotatable bonds is 3. The van der Waals surface area contributed by atoms with Gasteiger partial charge in [0.05, 0.1) is 0 Å². The van der Waals surface area contributed by atoms with Crippen molar-refractivity contribution in [2.75, 3.05) is 0 Å². The van der Waals surface area contributed by atoms with Crippen molar-refractivity contribution in [3.8, 4) is 22.6 Å². The highest BCUT2D eigenvalue weighted by Crippen LogP contribution is 2.29. The lowest BCUT2D eigenvalue weighted by molar-refractivity contribution is 1.07. The van der Waals surface area contributed by atoms with Crippen molar-refractivity contribution in [2.45, 2.75) is 6.54 Å². The first-order valence-electron chi connectivity index (χ1n) is 6.38. The van der Waals surface area contributed by atoms with Crippen molar-refractivity contribution in [2.24, 2.45) is 5.73 Å². The molecule has 0 fully saturated rings. The molecule has 0 unspecified atom stereocenters. The van der Waals surface area contributed by atoms with Gasteiger partial charge in [-0.25, -0.2) is 4.98 Å². The van der Waals surface area contributed by atoms with Gasteiger partial charge < -0.3 is 10.7 Å². The molecule has 3 aromatic rings. The molecule has 0 aliphatic heterocycles. The monoisotopic (exact) mass is 283 g/mol. The fourth-order valence-corrected chi connectivity index (χ4v) is 2.32. The number of nitrogens with two attached hydrogens (primary N) is 1. The van der Waals surface area contributed by atoms with Gasteiger partial charge in [0, 0.05) is 17.7 Å². The van der Waals surface area contributed by atoms with Gasteiger partial charge in [0.25, 0.3) is 0 Å². The number of H-pyrrole nitrogens is 1. The fraction of sp³-hybridized carbons (Fsp3) is 0.0625. The number of imidazole rings is 1. The quantitative estimate of drug-likeness (QED) is 0.767. The molecule has 0 bridgehead atoms. The summed E-state index contributed by atoms with van der Waals surface area (Å²) in [6, 6.07) is 17.9. The lowest BCUT2D eigenvalue weighted by atomic mass is 10.1.